The predicted octanol–water partition coefficient (Wildman–Crippen LogP) is 2.06. The van der Waals surface area contributed by atoms with Crippen molar-refractivity contribution >= 4 is 23.2 Å². The molecule has 0 spiro atoms. The first kappa shape index (κ1) is 14.2. The van der Waals surface area contributed by atoms with Crippen LogP contribution in [0.15, 0.2) is 18.2 Å². The molecule has 2 unspecified atom stereocenters. The van der Waals surface area contributed by atoms with E-state index in [9.17, 15) is 9.90 Å². The number of halogens is 1. The summed E-state index contributed by atoms with van der Waals surface area (Å²) in [5, 5.41) is 12.4. The van der Waals surface area contributed by atoms with Crippen molar-refractivity contribution in [2.45, 2.75) is 19.3 Å². The minimum absolute atomic E-state index is 0.194. The summed E-state index contributed by atoms with van der Waals surface area (Å²) >= 11 is 6.01. The van der Waals surface area contributed by atoms with Gasteiger partial charge in [0.1, 0.15) is 0 Å². The Morgan fingerprint density at radius 3 is 2.89 bits per heavy atom. The van der Waals surface area contributed by atoms with E-state index in [0.717, 1.165) is 19.3 Å². The molecule has 0 aliphatic heterocycles. The van der Waals surface area contributed by atoms with Crippen molar-refractivity contribution in [2.24, 2.45) is 11.8 Å². The lowest BCUT2D eigenvalue weighted by molar-refractivity contribution is 0.0938. The molecule has 4 N–H and O–H groups in total. The van der Waals surface area contributed by atoms with Gasteiger partial charge in [0.05, 0.1) is 16.3 Å². The fraction of sp³-hybridized carbons (Fsp3) is 0.500. The first-order valence-electron chi connectivity index (χ1n) is 6.56. The van der Waals surface area contributed by atoms with Crippen LogP contribution in [0.2, 0.25) is 5.02 Å². The minimum Gasteiger partial charge on any atom is -0.398 e. The molecular weight excluding hydrogens is 264 g/mol. The van der Waals surface area contributed by atoms with Crippen LogP contribution in [0.1, 0.15) is 29.6 Å². The Hall–Kier alpha value is -1.26. The molecular formula is C14H19ClN2O2. The molecule has 1 aliphatic rings. The fourth-order valence-electron chi connectivity index (χ4n) is 2.67. The third-order valence-corrected chi connectivity index (χ3v) is 4.27. The topological polar surface area (TPSA) is 75.4 Å². The monoisotopic (exact) mass is 282 g/mol. The third-order valence-electron chi connectivity index (χ3n) is 3.85. The average Bonchev–Trinajstić information content (AvgIpc) is 2.86. The highest BCUT2D eigenvalue weighted by Gasteiger charge is 2.27. The van der Waals surface area contributed by atoms with E-state index in [0.29, 0.717) is 34.7 Å². The van der Waals surface area contributed by atoms with Crippen LogP contribution in [0.25, 0.3) is 0 Å². The molecule has 0 aromatic heterocycles. The molecule has 1 aliphatic carbocycles. The molecule has 1 saturated carbocycles. The van der Waals surface area contributed by atoms with Crippen LogP contribution in [0.4, 0.5) is 5.69 Å². The highest BCUT2D eigenvalue weighted by Crippen LogP contribution is 2.31. The number of anilines is 1. The van der Waals surface area contributed by atoms with Gasteiger partial charge in [0.15, 0.2) is 0 Å². The number of hydrogen-bond donors (Lipinski definition) is 3. The van der Waals surface area contributed by atoms with Crippen LogP contribution >= 0.6 is 11.6 Å². The quantitative estimate of drug-likeness (QED) is 0.740. The summed E-state index contributed by atoms with van der Waals surface area (Å²) in [6.45, 7) is 0.773. The number of carbonyl (C=O) groups is 1. The SMILES string of the molecule is Nc1cccc(C(=O)NCC2CCCC2CO)c1Cl. The van der Waals surface area contributed by atoms with Crippen molar-refractivity contribution in [3.63, 3.8) is 0 Å². The van der Waals surface area contributed by atoms with Gasteiger partial charge in [0, 0.05) is 13.2 Å². The Balaban J connectivity index is 1.96. The number of nitrogens with two attached hydrogens (primary N) is 1. The van der Waals surface area contributed by atoms with Crippen molar-refractivity contribution in [1.29, 1.82) is 0 Å². The molecule has 5 heteroatoms. The molecule has 1 aromatic carbocycles. The summed E-state index contributed by atoms with van der Waals surface area (Å²) in [7, 11) is 0. The first-order valence-corrected chi connectivity index (χ1v) is 6.94. The Morgan fingerprint density at radius 2 is 2.16 bits per heavy atom. The Labute approximate surface area is 117 Å². The maximum atomic E-state index is 12.1. The van der Waals surface area contributed by atoms with Gasteiger partial charge in [-0.25, -0.2) is 0 Å². The van der Waals surface area contributed by atoms with E-state index < -0.39 is 0 Å². The van der Waals surface area contributed by atoms with Crippen LogP contribution in [0, 0.1) is 11.8 Å². The molecule has 4 nitrogen and oxygen atoms in total. The minimum atomic E-state index is -0.208. The molecule has 19 heavy (non-hydrogen) atoms. The van der Waals surface area contributed by atoms with E-state index in [1.807, 2.05) is 0 Å². The number of benzene rings is 1. The Bertz CT molecular complexity index is 465. The van der Waals surface area contributed by atoms with Crippen LogP contribution in [0.5, 0.6) is 0 Å². The van der Waals surface area contributed by atoms with Crippen LogP contribution in [-0.4, -0.2) is 24.2 Å². The number of rotatable bonds is 4. The normalized spacial score (nSPS) is 22.4. The maximum absolute atomic E-state index is 12.1. The highest BCUT2D eigenvalue weighted by molar-refractivity contribution is 6.36. The highest BCUT2D eigenvalue weighted by atomic mass is 35.5. The number of amides is 1. The number of nitrogens with one attached hydrogen (secondary N) is 1. The second kappa shape index (κ2) is 6.26. The lowest BCUT2D eigenvalue weighted by Gasteiger charge is -2.18. The third kappa shape index (κ3) is 3.19. The van der Waals surface area contributed by atoms with Gasteiger partial charge in [-0.05, 0) is 36.8 Å². The van der Waals surface area contributed by atoms with E-state index in [1.54, 1.807) is 18.2 Å². The average molecular weight is 283 g/mol. The summed E-state index contributed by atoms with van der Waals surface area (Å²) in [6, 6.07) is 5.03. The summed E-state index contributed by atoms with van der Waals surface area (Å²) in [4.78, 5) is 12.1. The molecule has 0 bridgehead atoms. The fourth-order valence-corrected chi connectivity index (χ4v) is 2.88. The van der Waals surface area contributed by atoms with E-state index in [1.165, 1.54) is 0 Å². The smallest absolute Gasteiger partial charge is 0.252 e. The summed E-state index contributed by atoms with van der Waals surface area (Å²) in [5.74, 6) is 0.450. The van der Waals surface area contributed by atoms with E-state index >= 15 is 0 Å². The molecule has 1 aromatic rings. The molecule has 0 saturated heterocycles. The van der Waals surface area contributed by atoms with E-state index in [2.05, 4.69) is 5.32 Å². The second-order valence-corrected chi connectivity index (χ2v) is 5.43. The van der Waals surface area contributed by atoms with Crippen molar-refractivity contribution in [3.8, 4) is 0 Å². The zero-order valence-electron chi connectivity index (χ0n) is 10.7. The van der Waals surface area contributed by atoms with Crippen molar-refractivity contribution in [2.75, 3.05) is 18.9 Å². The zero-order chi connectivity index (χ0) is 13.8. The van der Waals surface area contributed by atoms with Crippen molar-refractivity contribution < 1.29 is 9.90 Å². The Morgan fingerprint density at radius 1 is 1.42 bits per heavy atom. The molecule has 2 rings (SSSR count). The van der Waals surface area contributed by atoms with Crippen molar-refractivity contribution in [1.82, 2.24) is 5.32 Å². The molecule has 2 atom stereocenters. The zero-order valence-corrected chi connectivity index (χ0v) is 11.5. The summed E-state index contributed by atoms with van der Waals surface area (Å²) in [5.41, 5.74) is 6.48. The number of hydrogen-bond acceptors (Lipinski definition) is 3. The Kier molecular flexibility index (Phi) is 4.66. The summed E-state index contributed by atoms with van der Waals surface area (Å²) in [6.07, 6.45) is 3.21. The summed E-state index contributed by atoms with van der Waals surface area (Å²) < 4.78 is 0. The number of carbonyl (C=O) groups excluding carboxylic acids is 1. The lowest BCUT2D eigenvalue weighted by Crippen LogP contribution is -2.31. The van der Waals surface area contributed by atoms with Gasteiger partial charge in [-0.3, -0.25) is 4.79 Å². The predicted molar refractivity (Wildman–Crippen MR) is 76.1 cm³/mol. The standard InChI is InChI=1S/C14H19ClN2O2/c15-13-11(5-2-6-12(13)16)14(19)17-7-9-3-1-4-10(9)8-18/h2,5-6,9-10,18H,1,3-4,7-8,16H2,(H,17,19). The van der Waals surface area contributed by atoms with E-state index in [4.69, 9.17) is 17.3 Å². The molecule has 1 fully saturated rings. The maximum Gasteiger partial charge on any atom is 0.252 e. The first-order chi connectivity index (χ1) is 9.13. The van der Waals surface area contributed by atoms with Gasteiger partial charge in [-0.2, -0.15) is 0 Å². The molecule has 104 valence electrons. The van der Waals surface area contributed by atoms with Crippen molar-refractivity contribution in [3.05, 3.63) is 28.8 Å². The molecule has 0 radical (unpaired) electrons. The van der Waals surface area contributed by atoms with Gasteiger partial charge in [-0.15, -0.1) is 0 Å². The van der Waals surface area contributed by atoms with Gasteiger partial charge < -0.3 is 16.2 Å². The van der Waals surface area contributed by atoms with Gasteiger partial charge in [0.2, 0.25) is 0 Å². The number of nitrogen functional groups attached to an aromatic ring is 1. The van der Waals surface area contributed by atoms with E-state index in [-0.39, 0.29) is 12.5 Å². The number of aliphatic hydroxyl groups excluding tert-OH is 1. The number of aliphatic hydroxyl groups is 1. The molecule has 0 heterocycles. The van der Waals surface area contributed by atoms with Crippen LogP contribution < -0.4 is 11.1 Å². The van der Waals surface area contributed by atoms with Crippen LogP contribution in [-0.2, 0) is 0 Å². The largest absolute Gasteiger partial charge is 0.398 e. The second-order valence-electron chi connectivity index (χ2n) is 5.05. The van der Waals surface area contributed by atoms with Gasteiger partial charge in [-0.1, -0.05) is 24.1 Å². The lowest BCUT2D eigenvalue weighted by atomic mass is 9.97. The van der Waals surface area contributed by atoms with Crippen LogP contribution in [0.3, 0.4) is 0 Å². The van der Waals surface area contributed by atoms with Gasteiger partial charge >= 0.3 is 0 Å². The molecule has 1 amide bonds. The van der Waals surface area contributed by atoms with Gasteiger partial charge in [0.25, 0.3) is 5.91 Å².